The second kappa shape index (κ2) is 3.13. The van der Waals surface area contributed by atoms with Gasteiger partial charge in [-0.25, -0.2) is 0 Å². The van der Waals surface area contributed by atoms with Gasteiger partial charge >= 0.3 is 0 Å². The van der Waals surface area contributed by atoms with Crippen molar-refractivity contribution in [3.63, 3.8) is 0 Å². The highest BCUT2D eigenvalue weighted by molar-refractivity contribution is 5.89. The molecule has 0 unspecified atom stereocenters. The Kier molecular flexibility index (Phi) is 2.07. The first kappa shape index (κ1) is 9.26. The van der Waals surface area contributed by atoms with Crippen molar-refractivity contribution >= 4 is 10.8 Å². The Balaban J connectivity index is 2.94. The van der Waals surface area contributed by atoms with Crippen LogP contribution in [0.2, 0.25) is 0 Å². The second-order valence-corrected chi connectivity index (χ2v) is 4.26. The summed E-state index contributed by atoms with van der Waals surface area (Å²) in [5.74, 6) is 0. The molecule has 2 aromatic carbocycles. The molecule has 0 spiro atoms. The maximum atomic E-state index is 2.27. The lowest BCUT2D eigenvalue weighted by Crippen LogP contribution is -1.86. The molecule has 0 bridgehead atoms. The van der Waals surface area contributed by atoms with Crippen LogP contribution in [0.1, 0.15) is 22.3 Å². The molecule has 0 saturated heterocycles. The highest BCUT2D eigenvalue weighted by Crippen LogP contribution is 2.24. The van der Waals surface area contributed by atoms with Crippen molar-refractivity contribution in [2.45, 2.75) is 27.7 Å². The summed E-state index contributed by atoms with van der Waals surface area (Å²) in [7, 11) is 0. The molecule has 0 nitrogen and oxygen atoms in total. The van der Waals surface area contributed by atoms with Crippen molar-refractivity contribution in [3.8, 4) is 0 Å². The molecule has 0 aliphatic carbocycles. The maximum Gasteiger partial charge on any atom is -0.0149 e. The lowest BCUT2D eigenvalue weighted by molar-refractivity contribution is 1.38. The monoisotopic (exact) mass is 184 g/mol. The molecule has 0 radical (unpaired) electrons. The highest BCUT2D eigenvalue weighted by Gasteiger charge is 2.02. The van der Waals surface area contributed by atoms with Crippen molar-refractivity contribution in [2.24, 2.45) is 0 Å². The van der Waals surface area contributed by atoms with E-state index < -0.39 is 0 Å². The average molecular weight is 184 g/mol. The van der Waals surface area contributed by atoms with E-state index in [9.17, 15) is 0 Å². The molecule has 0 saturated carbocycles. The maximum absolute atomic E-state index is 2.27. The van der Waals surface area contributed by atoms with E-state index in [1.165, 1.54) is 33.0 Å². The zero-order valence-electron chi connectivity index (χ0n) is 9.31. The van der Waals surface area contributed by atoms with Crippen LogP contribution in [0.15, 0.2) is 24.3 Å². The lowest BCUT2D eigenvalue weighted by Gasteiger charge is -2.08. The molecule has 0 aromatic heterocycles. The van der Waals surface area contributed by atoms with Gasteiger partial charge in [-0.05, 0) is 49.6 Å². The van der Waals surface area contributed by atoms with E-state index in [-0.39, 0.29) is 0 Å². The summed E-state index contributed by atoms with van der Waals surface area (Å²) in [6, 6.07) is 9.05. The summed E-state index contributed by atoms with van der Waals surface area (Å²) in [6.07, 6.45) is 0. The summed E-state index contributed by atoms with van der Waals surface area (Å²) in [4.78, 5) is 0. The second-order valence-electron chi connectivity index (χ2n) is 4.26. The molecule has 0 amide bonds. The van der Waals surface area contributed by atoms with Crippen LogP contribution in [-0.4, -0.2) is 0 Å². The van der Waals surface area contributed by atoms with Crippen LogP contribution in [0.4, 0.5) is 0 Å². The third-order valence-electron chi connectivity index (χ3n) is 2.77. The Morgan fingerprint density at radius 2 is 0.929 bits per heavy atom. The fourth-order valence-corrected chi connectivity index (χ4v) is 2.19. The van der Waals surface area contributed by atoms with E-state index in [2.05, 4.69) is 52.0 Å². The van der Waals surface area contributed by atoms with Gasteiger partial charge in [-0.3, -0.25) is 0 Å². The van der Waals surface area contributed by atoms with Crippen LogP contribution in [0.5, 0.6) is 0 Å². The minimum Gasteiger partial charge on any atom is -0.0557 e. The Labute approximate surface area is 85.6 Å². The zero-order valence-corrected chi connectivity index (χ0v) is 9.31. The van der Waals surface area contributed by atoms with Gasteiger partial charge in [-0.1, -0.05) is 35.4 Å². The van der Waals surface area contributed by atoms with Crippen molar-refractivity contribution in [2.75, 3.05) is 0 Å². The van der Waals surface area contributed by atoms with E-state index in [1.807, 2.05) is 0 Å². The van der Waals surface area contributed by atoms with Gasteiger partial charge in [-0.15, -0.1) is 0 Å². The van der Waals surface area contributed by atoms with E-state index >= 15 is 0 Å². The summed E-state index contributed by atoms with van der Waals surface area (Å²) < 4.78 is 0. The van der Waals surface area contributed by atoms with Crippen LogP contribution < -0.4 is 0 Å². The molecule has 0 fully saturated rings. The summed E-state index contributed by atoms with van der Waals surface area (Å²) in [5.41, 5.74) is 5.46. The van der Waals surface area contributed by atoms with Gasteiger partial charge in [0.05, 0.1) is 0 Å². The first-order valence-corrected chi connectivity index (χ1v) is 5.06. The average Bonchev–Trinajstić information content (AvgIpc) is 2.07. The molecule has 2 rings (SSSR count). The van der Waals surface area contributed by atoms with Crippen LogP contribution in [-0.2, 0) is 0 Å². The Morgan fingerprint density at radius 1 is 0.571 bits per heavy atom. The van der Waals surface area contributed by atoms with E-state index in [4.69, 9.17) is 0 Å². The summed E-state index contributed by atoms with van der Waals surface area (Å²) in [5, 5.41) is 2.79. The van der Waals surface area contributed by atoms with Gasteiger partial charge in [0.2, 0.25) is 0 Å². The number of benzene rings is 2. The number of rotatable bonds is 0. The smallest absolute Gasteiger partial charge is 0.0149 e. The Hall–Kier alpha value is -1.30. The Morgan fingerprint density at radius 3 is 1.29 bits per heavy atom. The van der Waals surface area contributed by atoms with Crippen molar-refractivity contribution in [3.05, 3.63) is 46.5 Å². The lowest BCUT2D eigenvalue weighted by atomic mass is 9.97. The number of aryl methyl sites for hydroxylation is 4. The first-order valence-electron chi connectivity index (χ1n) is 5.06. The quantitative estimate of drug-likeness (QED) is 0.579. The molecular weight excluding hydrogens is 168 g/mol. The molecule has 0 heterocycles. The fraction of sp³-hybridized carbons (Fsp3) is 0.286. The SMILES string of the molecule is Cc1cc(C)c2cc(C)cc(C)c2c1. The summed E-state index contributed by atoms with van der Waals surface area (Å²) >= 11 is 0. The van der Waals surface area contributed by atoms with Gasteiger partial charge in [0, 0.05) is 0 Å². The molecule has 14 heavy (non-hydrogen) atoms. The minimum atomic E-state index is 1.35. The van der Waals surface area contributed by atoms with Gasteiger partial charge in [0.15, 0.2) is 0 Å². The molecule has 0 aliphatic rings. The number of hydrogen-bond donors (Lipinski definition) is 0. The van der Waals surface area contributed by atoms with E-state index in [0.29, 0.717) is 0 Å². The predicted molar refractivity (Wildman–Crippen MR) is 62.9 cm³/mol. The molecular formula is C14H16. The van der Waals surface area contributed by atoms with Crippen molar-refractivity contribution < 1.29 is 0 Å². The van der Waals surface area contributed by atoms with E-state index in [0.717, 1.165) is 0 Å². The zero-order chi connectivity index (χ0) is 10.3. The fourth-order valence-electron chi connectivity index (χ4n) is 2.19. The highest BCUT2D eigenvalue weighted by atomic mass is 14.1. The van der Waals surface area contributed by atoms with Gasteiger partial charge in [0.25, 0.3) is 0 Å². The minimum absolute atomic E-state index is 1.35. The van der Waals surface area contributed by atoms with Crippen LogP contribution in [0.25, 0.3) is 10.8 Å². The molecule has 72 valence electrons. The molecule has 0 N–H and O–H groups in total. The van der Waals surface area contributed by atoms with E-state index in [1.54, 1.807) is 0 Å². The van der Waals surface area contributed by atoms with Gasteiger partial charge < -0.3 is 0 Å². The molecule has 0 atom stereocenters. The third kappa shape index (κ3) is 1.41. The first-order chi connectivity index (χ1) is 6.58. The Bertz CT molecular complexity index is 446. The normalized spacial score (nSPS) is 10.9. The van der Waals surface area contributed by atoms with Gasteiger partial charge in [0.1, 0.15) is 0 Å². The predicted octanol–water partition coefficient (Wildman–Crippen LogP) is 4.07. The van der Waals surface area contributed by atoms with Crippen LogP contribution >= 0.6 is 0 Å². The third-order valence-corrected chi connectivity index (χ3v) is 2.77. The molecule has 0 aliphatic heterocycles. The number of hydrogen-bond acceptors (Lipinski definition) is 0. The standard InChI is InChI=1S/C14H16/c1-9-5-11(3)14-8-10(2)6-12(4)13(14)7-9/h5-8H,1-4H3. The molecule has 2 aromatic rings. The van der Waals surface area contributed by atoms with Crippen molar-refractivity contribution in [1.29, 1.82) is 0 Å². The largest absolute Gasteiger partial charge is 0.0557 e. The van der Waals surface area contributed by atoms with Crippen LogP contribution in [0.3, 0.4) is 0 Å². The van der Waals surface area contributed by atoms with Crippen molar-refractivity contribution in [1.82, 2.24) is 0 Å². The van der Waals surface area contributed by atoms with Crippen LogP contribution in [0, 0.1) is 27.7 Å². The topological polar surface area (TPSA) is 0 Å². The van der Waals surface area contributed by atoms with Gasteiger partial charge in [-0.2, -0.15) is 0 Å². The summed E-state index contributed by atoms with van der Waals surface area (Å²) in [6.45, 7) is 8.69. The molecule has 0 heteroatoms. The number of fused-ring (bicyclic) bond motifs is 1.